The Morgan fingerprint density at radius 2 is 2.17 bits per heavy atom. The third-order valence-corrected chi connectivity index (χ3v) is 3.86. The molecular formula is C13H10Cl2N2S. The van der Waals surface area contributed by atoms with E-state index in [0.717, 1.165) is 22.5 Å². The summed E-state index contributed by atoms with van der Waals surface area (Å²) >= 11 is 13.9. The van der Waals surface area contributed by atoms with Crippen LogP contribution < -0.4 is 0 Å². The molecule has 92 valence electrons. The van der Waals surface area contributed by atoms with Crippen molar-refractivity contribution in [3.8, 4) is 5.69 Å². The number of imidazole rings is 1. The van der Waals surface area contributed by atoms with Crippen LogP contribution in [0.4, 0.5) is 0 Å². The van der Waals surface area contributed by atoms with E-state index in [0.29, 0.717) is 5.02 Å². The lowest BCUT2D eigenvalue weighted by molar-refractivity contribution is 0.885. The van der Waals surface area contributed by atoms with Gasteiger partial charge in [0.25, 0.3) is 0 Å². The van der Waals surface area contributed by atoms with Crippen molar-refractivity contribution in [2.24, 2.45) is 0 Å². The maximum Gasteiger partial charge on any atom is 0.132 e. The van der Waals surface area contributed by atoms with E-state index >= 15 is 0 Å². The molecule has 0 aliphatic rings. The first-order valence-corrected chi connectivity index (χ1v) is 7.27. The number of fused-ring (bicyclic) bond motifs is 1. The van der Waals surface area contributed by atoms with Crippen LogP contribution in [0, 0.1) is 0 Å². The summed E-state index contributed by atoms with van der Waals surface area (Å²) in [6, 6.07) is 7.74. The second kappa shape index (κ2) is 4.57. The Bertz CT molecular complexity index is 686. The van der Waals surface area contributed by atoms with E-state index < -0.39 is 0 Å². The van der Waals surface area contributed by atoms with Crippen molar-refractivity contribution in [3.63, 3.8) is 0 Å². The molecule has 0 radical (unpaired) electrons. The predicted octanol–water partition coefficient (Wildman–Crippen LogP) is 5.04. The summed E-state index contributed by atoms with van der Waals surface area (Å²) in [7, 11) is 0. The SMILES string of the molecule is CC(Cl)c1nc2ccc(Cl)cc2n1-c1ccsc1. The molecular weight excluding hydrogens is 287 g/mol. The molecule has 0 bridgehead atoms. The van der Waals surface area contributed by atoms with Crippen molar-refractivity contribution < 1.29 is 0 Å². The van der Waals surface area contributed by atoms with Crippen LogP contribution in [0.2, 0.25) is 5.02 Å². The molecule has 0 N–H and O–H groups in total. The Kier molecular flexibility index (Phi) is 3.06. The van der Waals surface area contributed by atoms with Crippen LogP contribution in [0.3, 0.4) is 0 Å². The first kappa shape index (κ1) is 12.0. The number of rotatable bonds is 2. The second-order valence-corrected chi connectivity index (χ2v) is 5.91. The molecule has 0 saturated heterocycles. The Balaban J connectivity index is 2.37. The molecule has 0 saturated carbocycles. The Morgan fingerprint density at radius 1 is 1.33 bits per heavy atom. The fourth-order valence-corrected chi connectivity index (χ4v) is 2.92. The van der Waals surface area contributed by atoms with Crippen LogP contribution in [0.25, 0.3) is 16.7 Å². The molecule has 1 atom stereocenters. The minimum atomic E-state index is -0.156. The molecule has 2 heterocycles. The molecule has 1 unspecified atom stereocenters. The maximum absolute atomic E-state index is 6.22. The van der Waals surface area contributed by atoms with Gasteiger partial charge in [0.1, 0.15) is 5.82 Å². The van der Waals surface area contributed by atoms with Crippen LogP contribution in [-0.2, 0) is 0 Å². The van der Waals surface area contributed by atoms with E-state index in [1.165, 1.54) is 0 Å². The van der Waals surface area contributed by atoms with Gasteiger partial charge in [0.2, 0.25) is 0 Å². The number of alkyl halides is 1. The van der Waals surface area contributed by atoms with Crippen molar-refractivity contribution in [1.29, 1.82) is 0 Å². The maximum atomic E-state index is 6.22. The monoisotopic (exact) mass is 296 g/mol. The molecule has 5 heteroatoms. The molecule has 0 aliphatic carbocycles. The second-order valence-electron chi connectivity index (χ2n) is 4.04. The van der Waals surface area contributed by atoms with Crippen molar-refractivity contribution in [1.82, 2.24) is 9.55 Å². The third kappa shape index (κ3) is 1.92. The highest BCUT2D eigenvalue weighted by Crippen LogP contribution is 2.30. The lowest BCUT2D eigenvalue weighted by Gasteiger charge is -2.08. The smallest absolute Gasteiger partial charge is 0.132 e. The molecule has 0 spiro atoms. The van der Waals surface area contributed by atoms with Crippen molar-refractivity contribution in [3.05, 3.63) is 45.9 Å². The van der Waals surface area contributed by atoms with Crippen molar-refractivity contribution in [2.75, 3.05) is 0 Å². The molecule has 2 nitrogen and oxygen atoms in total. The first-order valence-electron chi connectivity index (χ1n) is 5.51. The zero-order valence-corrected chi connectivity index (χ0v) is 11.9. The average molecular weight is 297 g/mol. The number of benzene rings is 1. The minimum absolute atomic E-state index is 0.156. The summed E-state index contributed by atoms with van der Waals surface area (Å²) in [5.74, 6) is 0.840. The van der Waals surface area contributed by atoms with Gasteiger partial charge in [-0.2, -0.15) is 11.3 Å². The normalized spacial score (nSPS) is 13.1. The van der Waals surface area contributed by atoms with Crippen LogP contribution in [0.15, 0.2) is 35.0 Å². The number of nitrogens with zero attached hydrogens (tertiary/aromatic N) is 2. The topological polar surface area (TPSA) is 17.8 Å². The van der Waals surface area contributed by atoms with Crippen LogP contribution in [-0.4, -0.2) is 9.55 Å². The first-order chi connectivity index (χ1) is 8.66. The molecule has 0 aliphatic heterocycles. The van der Waals surface area contributed by atoms with Gasteiger partial charge in [-0.1, -0.05) is 11.6 Å². The van der Waals surface area contributed by atoms with Gasteiger partial charge >= 0.3 is 0 Å². The zero-order valence-electron chi connectivity index (χ0n) is 9.60. The molecule has 3 aromatic rings. The van der Waals surface area contributed by atoms with E-state index in [9.17, 15) is 0 Å². The van der Waals surface area contributed by atoms with Gasteiger partial charge < -0.3 is 0 Å². The van der Waals surface area contributed by atoms with Crippen molar-refractivity contribution in [2.45, 2.75) is 12.3 Å². The lowest BCUT2D eigenvalue weighted by atomic mass is 10.3. The third-order valence-electron chi connectivity index (χ3n) is 2.76. The summed E-state index contributed by atoms with van der Waals surface area (Å²) in [5.41, 5.74) is 2.98. The van der Waals surface area contributed by atoms with Gasteiger partial charge in [-0.25, -0.2) is 4.98 Å². The minimum Gasteiger partial charge on any atom is -0.294 e. The van der Waals surface area contributed by atoms with E-state index in [-0.39, 0.29) is 5.38 Å². The van der Waals surface area contributed by atoms with Gasteiger partial charge in [-0.15, -0.1) is 11.6 Å². The van der Waals surface area contributed by atoms with Crippen LogP contribution >= 0.6 is 34.5 Å². The summed E-state index contributed by atoms with van der Waals surface area (Å²) in [5, 5.41) is 4.66. The van der Waals surface area contributed by atoms with Crippen LogP contribution in [0.5, 0.6) is 0 Å². The van der Waals surface area contributed by atoms with Crippen LogP contribution in [0.1, 0.15) is 18.1 Å². The number of hydrogen-bond donors (Lipinski definition) is 0. The summed E-state index contributed by atoms with van der Waals surface area (Å²) < 4.78 is 2.06. The molecule has 0 amide bonds. The molecule has 0 fully saturated rings. The standard InChI is InChI=1S/C13H10Cl2N2S/c1-8(14)13-16-11-3-2-9(15)6-12(11)17(13)10-4-5-18-7-10/h2-8H,1H3. The van der Waals surface area contributed by atoms with E-state index in [4.69, 9.17) is 23.2 Å². The quantitative estimate of drug-likeness (QED) is 0.606. The number of aromatic nitrogens is 2. The number of halogens is 2. The molecule has 18 heavy (non-hydrogen) atoms. The number of hydrogen-bond acceptors (Lipinski definition) is 2. The summed E-state index contributed by atoms with van der Waals surface area (Å²) in [4.78, 5) is 4.59. The average Bonchev–Trinajstić information content (AvgIpc) is 2.93. The van der Waals surface area contributed by atoms with E-state index in [1.54, 1.807) is 11.3 Å². The van der Waals surface area contributed by atoms with Gasteiger partial charge in [-0.3, -0.25) is 4.57 Å². The van der Waals surface area contributed by atoms with Gasteiger partial charge in [-0.05, 0) is 36.6 Å². The molecule has 2 aromatic heterocycles. The van der Waals surface area contributed by atoms with Crippen molar-refractivity contribution >= 4 is 45.6 Å². The Labute approximate surface area is 119 Å². The Hall–Kier alpha value is -1.03. The summed E-state index contributed by atoms with van der Waals surface area (Å²) in [6.45, 7) is 1.92. The zero-order chi connectivity index (χ0) is 12.7. The highest BCUT2D eigenvalue weighted by atomic mass is 35.5. The molecule has 3 rings (SSSR count). The summed E-state index contributed by atoms with van der Waals surface area (Å²) in [6.07, 6.45) is 0. The molecule has 1 aromatic carbocycles. The highest BCUT2D eigenvalue weighted by Gasteiger charge is 2.16. The van der Waals surface area contributed by atoms with E-state index in [1.807, 2.05) is 30.5 Å². The lowest BCUT2D eigenvalue weighted by Crippen LogP contribution is -2.00. The van der Waals surface area contributed by atoms with Gasteiger partial charge in [0, 0.05) is 10.4 Å². The van der Waals surface area contributed by atoms with Gasteiger partial charge in [0.05, 0.1) is 22.1 Å². The fourth-order valence-electron chi connectivity index (χ4n) is 1.99. The Morgan fingerprint density at radius 3 is 2.83 bits per heavy atom. The predicted molar refractivity (Wildman–Crippen MR) is 78.2 cm³/mol. The van der Waals surface area contributed by atoms with E-state index in [2.05, 4.69) is 21.0 Å². The number of thiophene rings is 1. The highest BCUT2D eigenvalue weighted by molar-refractivity contribution is 7.08. The fraction of sp³-hybridized carbons (Fsp3) is 0.154. The largest absolute Gasteiger partial charge is 0.294 e. The van der Waals surface area contributed by atoms with Gasteiger partial charge in [0.15, 0.2) is 0 Å².